The van der Waals surface area contributed by atoms with E-state index in [1.807, 2.05) is 37.3 Å². The lowest BCUT2D eigenvalue weighted by Crippen LogP contribution is -2.38. The molecule has 1 N–H and O–H groups in total. The van der Waals surface area contributed by atoms with Gasteiger partial charge in [-0.25, -0.2) is 0 Å². The summed E-state index contributed by atoms with van der Waals surface area (Å²) in [4.78, 5) is 12.8. The van der Waals surface area contributed by atoms with Gasteiger partial charge in [0.15, 0.2) is 0 Å². The van der Waals surface area contributed by atoms with Gasteiger partial charge in [0.05, 0.1) is 17.2 Å². The summed E-state index contributed by atoms with van der Waals surface area (Å²) in [5.41, 5.74) is 1.97. The van der Waals surface area contributed by atoms with E-state index in [1.165, 1.54) is 12.1 Å². The van der Waals surface area contributed by atoms with Crippen LogP contribution in [0.2, 0.25) is 5.02 Å². The number of amides is 1. The minimum absolute atomic E-state index is 0.0401. The highest BCUT2D eigenvalue weighted by atomic mass is 35.5. The summed E-state index contributed by atoms with van der Waals surface area (Å²) >= 11 is 6.13. The molecule has 0 saturated heterocycles. The molecule has 7 nitrogen and oxygen atoms in total. The first-order valence-electron chi connectivity index (χ1n) is 9.88. The molecule has 0 aromatic heterocycles. The Kier molecular flexibility index (Phi) is 6.16. The lowest BCUT2D eigenvalue weighted by atomic mass is 10.0. The molecule has 4 rings (SSSR count). The predicted molar refractivity (Wildman–Crippen MR) is 124 cm³/mol. The average Bonchev–Trinajstić information content (AvgIpc) is 2.77. The number of benzene rings is 3. The zero-order valence-electron chi connectivity index (χ0n) is 17.2. The molecule has 3 aromatic carbocycles. The lowest BCUT2D eigenvalue weighted by molar-refractivity contribution is -0.116. The van der Waals surface area contributed by atoms with Crippen LogP contribution < -0.4 is 10.1 Å². The third kappa shape index (κ3) is 4.32. The summed E-state index contributed by atoms with van der Waals surface area (Å²) in [5, 5.41) is 7.44. The number of rotatable bonds is 6. The normalized spacial score (nSPS) is 14.3. The van der Waals surface area contributed by atoms with Gasteiger partial charge in [-0.2, -0.15) is 17.9 Å². The van der Waals surface area contributed by atoms with Crippen LogP contribution >= 0.6 is 11.6 Å². The lowest BCUT2D eigenvalue weighted by Gasteiger charge is -2.27. The van der Waals surface area contributed by atoms with Crippen molar-refractivity contribution in [3.8, 4) is 5.75 Å². The maximum absolute atomic E-state index is 13.2. The first-order chi connectivity index (χ1) is 15.4. The zero-order valence-corrected chi connectivity index (χ0v) is 18.7. The third-order valence-electron chi connectivity index (χ3n) is 4.75. The number of nitrogens with zero attached hydrogens (tertiary/aromatic N) is 2. The van der Waals surface area contributed by atoms with Crippen LogP contribution in [0.5, 0.6) is 5.75 Å². The van der Waals surface area contributed by atoms with E-state index in [0.717, 1.165) is 4.41 Å². The number of sulfonamides is 1. The Bertz CT molecular complexity index is 1290. The summed E-state index contributed by atoms with van der Waals surface area (Å²) in [6.07, 6.45) is 0. The van der Waals surface area contributed by atoms with E-state index < -0.39 is 22.5 Å². The Labute approximate surface area is 191 Å². The molecule has 0 radical (unpaired) electrons. The highest BCUT2D eigenvalue weighted by molar-refractivity contribution is 7.89. The molecule has 0 atom stereocenters. The second-order valence-electron chi connectivity index (χ2n) is 6.92. The fourth-order valence-electron chi connectivity index (χ4n) is 3.34. The van der Waals surface area contributed by atoms with Crippen LogP contribution in [0, 0.1) is 0 Å². The largest absolute Gasteiger partial charge is 0.492 e. The van der Waals surface area contributed by atoms with Gasteiger partial charge in [-0.15, -0.1) is 0 Å². The number of carbonyl (C=O) groups excluding carboxylic acids is 1. The minimum atomic E-state index is -4.05. The number of halogens is 1. The van der Waals surface area contributed by atoms with E-state index >= 15 is 0 Å². The van der Waals surface area contributed by atoms with Gasteiger partial charge < -0.3 is 10.1 Å². The number of nitrogens with one attached hydrogen (secondary N) is 1. The molecule has 9 heteroatoms. The SMILES string of the molecule is CCOc1ccccc1NC(=O)CN1N=C(c2ccccc2)c2cc(Cl)ccc2S1(=O)=O. The molecular weight excluding hydrogens is 450 g/mol. The Morgan fingerprint density at radius 3 is 2.53 bits per heavy atom. The van der Waals surface area contributed by atoms with E-state index in [1.54, 1.807) is 30.3 Å². The minimum Gasteiger partial charge on any atom is -0.492 e. The second kappa shape index (κ2) is 9.02. The van der Waals surface area contributed by atoms with Gasteiger partial charge in [0.2, 0.25) is 5.91 Å². The summed E-state index contributed by atoms with van der Waals surface area (Å²) in [6.45, 7) is 1.76. The van der Waals surface area contributed by atoms with Crippen molar-refractivity contribution in [2.24, 2.45) is 5.10 Å². The Balaban J connectivity index is 1.69. The molecule has 32 heavy (non-hydrogen) atoms. The number of anilines is 1. The highest BCUT2D eigenvalue weighted by Gasteiger charge is 2.34. The number of carbonyl (C=O) groups is 1. The molecule has 0 bridgehead atoms. The number of hydrazone groups is 1. The average molecular weight is 470 g/mol. The molecule has 0 saturated carbocycles. The van der Waals surface area contributed by atoms with Crippen LogP contribution in [0.4, 0.5) is 5.69 Å². The first-order valence-corrected chi connectivity index (χ1v) is 11.7. The van der Waals surface area contributed by atoms with E-state index in [0.29, 0.717) is 39.9 Å². The summed E-state index contributed by atoms with van der Waals surface area (Å²) in [7, 11) is -4.05. The summed E-state index contributed by atoms with van der Waals surface area (Å²) in [5.74, 6) is -0.0485. The maximum Gasteiger partial charge on any atom is 0.280 e. The Morgan fingerprint density at radius 1 is 1.06 bits per heavy atom. The molecule has 1 amide bonds. The van der Waals surface area contributed by atoms with Crippen LogP contribution in [0.1, 0.15) is 18.1 Å². The molecule has 0 aliphatic carbocycles. The van der Waals surface area contributed by atoms with Crippen molar-refractivity contribution in [2.45, 2.75) is 11.8 Å². The number of fused-ring (bicyclic) bond motifs is 1. The number of ether oxygens (including phenoxy) is 1. The maximum atomic E-state index is 13.2. The van der Waals surface area contributed by atoms with Crippen molar-refractivity contribution in [1.82, 2.24) is 4.41 Å². The van der Waals surface area contributed by atoms with Gasteiger partial charge >= 0.3 is 0 Å². The fourth-order valence-corrected chi connectivity index (χ4v) is 4.89. The standard InChI is InChI=1S/C23H20ClN3O4S/c1-2-31-20-11-7-6-10-19(20)25-22(28)15-27-26-23(16-8-4-3-5-9-16)18-14-17(24)12-13-21(18)32(27,29)30/h3-14H,2,15H2,1H3,(H,25,28). The van der Waals surface area contributed by atoms with Crippen molar-refractivity contribution < 1.29 is 17.9 Å². The van der Waals surface area contributed by atoms with Crippen molar-refractivity contribution in [1.29, 1.82) is 0 Å². The Hall–Kier alpha value is -3.36. The molecule has 1 aliphatic heterocycles. The van der Waals surface area contributed by atoms with Gasteiger partial charge in [0.1, 0.15) is 18.0 Å². The van der Waals surface area contributed by atoms with Crippen LogP contribution in [0.3, 0.4) is 0 Å². The molecule has 0 fully saturated rings. The fraction of sp³-hybridized carbons (Fsp3) is 0.130. The van der Waals surface area contributed by atoms with Crippen LogP contribution in [0.15, 0.2) is 82.8 Å². The van der Waals surface area contributed by atoms with Crippen molar-refractivity contribution in [3.63, 3.8) is 0 Å². The number of hydrogen-bond donors (Lipinski definition) is 1. The molecule has 1 heterocycles. The van der Waals surface area contributed by atoms with E-state index in [9.17, 15) is 13.2 Å². The molecule has 164 valence electrons. The monoisotopic (exact) mass is 469 g/mol. The molecule has 0 spiro atoms. The van der Waals surface area contributed by atoms with Gasteiger partial charge in [-0.05, 0) is 37.3 Å². The van der Waals surface area contributed by atoms with E-state index in [4.69, 9.17) is 16.3 Å². The predicted octanol–water partition coefficient (Wildman–Crippen LogP) is 4.13. The van der Waals surface area contributed by atoms with Crippen molar-refractivity contribution in [2.75, 3.05) is 18.5 Å². The smallest absolute Gasteiger partial charge is 0.280 e. The topological polar surface area (TPSA) is 88.1 Å². The summed E-state index contributed by atoms with van der Waals surface area (Å²) < 4.78 is 32.8. The highest BCUT2D eigenvalue weighted by Crippen LogP contribution is 2.31. The number of hydrogen-bond acceptors (Lipinski definition) is 5. The zero-order chi connectivity index (χ0) is 22.7. The van der Waals surface area contributed by atoms with Gasteiger partial charge in [0.25, 0.3) is 10.0 Å². The van der Waals surface area contributed by atoms with Crippen LogP contribution in [-0.4, -0.2) is 37.6 Å². The van der Waals surface area contributed by atoms with Gasteiger partial charge in [-0.1, -0.05) is 54.1 Å². The quantitative estimate of drug-likeness (QED) is 0.587. The molecule has 1 aliphatic rings. The first kappa shape index (κ1) is 21.9. The van der Waals surface area contributed by atoms with Crippen molar-refractivity contribution >= 4 is 38.9 Å². The second-order valence-corrected chi connectivity index (χ2v) is 9.17. The molecular formula is C23H20ClN3O4S. The van der Waals surface area contributed by atoms with Crippen molar-refractivity contribution in [3.05, 3.63) is 88.9 Å². The molecule has 0 unspecified atom stereocenters. The van der Waals surface area contributed by atoms with E-state index in [-0.39, 0.29) is 4.90 Å². The van der Waals surface area contributed by atoms with Crippen LogP contribution in [-0.2, 0) is 14.8 Å². The van der Waals surface area contributed by atoms with Gasteiger partial charge in [0, 0.05) is 16.1 Å². The summed E-state index contributed by atoms with van der Waals surface area (Å²) in [6, 6.07) is 20.6. The third-order valence-corrected chi connectivity index (χ3v) is 6.66. The number of para-hydroxylation sites is 2. The Morgan fingerprint density at radius 2 is 1.78 bits per heavy atom. The molecule has 3 aromatic rings. The van der Waals surface area contributed by atoms with E-state index in [2.05, 4.69) is 10.4 Å². The van der Waals surface area contributed by atoms with Gasteiger partial charge in [-0.3, -0.25) is 4.79 Å². The van der Waals surface area contributed by atoms with Crippen LogP contribution in [0.25, 0.3) is 0 Å².